The van der Waals surface area contributed by atoms with E-state index in [1.54, 1.807) is 4.88 Å². The lowest BCUT2D eigenvalue weighted by Crippen LogP contribution is -3.12. The van der Waals surface area contributed by atoms with Crippen molar-refractivity contribution in [2.45, 2.75) is 32.7 Å². The van der Waals surface area contributed by atoms with E-state index in [0.717, 1.165) is 76.7 Å². The van der Waals surface area contributed by atoms with Gasteiger partial charge < -0.3 is 19.3 Å². The van der Waals surface area contributed by atoms with Crippen LogP contribution in [0.15, 0.2) is 0 Å². The summed E-state index contributed by atoms with van der Waals surface area (Å²) in [5, 5.41) is 1.34. The Hall–Kier alpha value is -1.28. The van der Waals surface area contributed by atoms with Crippen LogP contribution in [0, 0.1) is 5.92 Å². The van der Waals surface area contributed by atoms with Crippen molar-refractivity contribution in [1.82, 2.24) is 9.97 Å². The van der Waals surface area contributed by atoms with Crippen molar-refractivity contribution in [2.75, 3.05) is 57.5 Å². The Morgan fingerprint density at radius 2 is 1.89 bits per heavy atom. The third-order valence-corrected chi connectivity index (χ3v) is 7.25. The molecular formula is C20H29N4O2S+. The summed E-state index contributed by atoms with van der Waals surface area (Å²) >= 11 is 1.91. The van der Waals surface area contributed by atoms with Crippen LogP contribution in [-0.4, -0.2) is 62.6 Å². The van der Waals surface area contributed by atoms with Crippen LogP contribution in [0.5, 0.6) is 0 Å². The van der Waals surface area contributed by atoms with Gasteiger partial charge in [0.15, 0.2) is 5.82 Å². The maximum Gasteiger partial charge on any atom is 0.187 e. The molecule has 27 heavy (non-hydrogen) atoms. The first-order valence-corrected chi connectivity index (χ1v) is 11.1. The highest BCUT2D eigenvalue weighted by atomic mass is 32.1. The Bertz CT molecular complexity index is 812. The fourth-order valence-corrected chi connectivity index (χ4v) is 5.91. The Balaban J connectivity index is 1.56. The number of morpholine rings is 2. The number of hydrogen-bond donors (Lipinski definition) is 1. The highest BCUT2D eigenvalue weighted by Gasteiger charge is 2.27. The molecule has 2 aromatic heterocycles. The van der Waals surface area contributed by atoms with E-state index in [1.165, 1.54) is 39.9 Å². The van der Waals surface area contributed by atoms with Gasteiger partial charge in [-0.05, 0) is 30.7 Å². The number of ether oxygens (including phenoxy) is 2. The molecule has 0 amide bonds. The number of aryl methyl sites for hydroxylation is 1. The fourth-order valence-electron chi connectivity index (χ4n) is 4.51. The van der Waals surface area contributed by atoms with Gasteiger partial charge in [0.1, 0.15) is 30.3 Å². The van der Waals surface area contributed by atoms with Crippen LogP contribution in [0.3, 0.4) is 0 Å². The highest BCUT2D eigenvalue weighted by Crippen LogP contribution is 2.41. The molecule has 0 radical (unpaired) electrons. The molecule has 0 saturated carbocycles. The zero-order chi connectivity index (χ0) is 18.2. The normalized spacial score (nSPS) is 24.3. The monoisotopic (exact) mass is 389 g/mol. The van der Waals surface area contributed by atoms with Gasteiger partial charge in [0.2, 0.25) is 0 Å². The maximum atomic E-state index is 5.59. The Morgan fingerprint density at radius 3 is 2.70 bits per heavy atom. The number of thiophene rings is 1. The smallest absolute Gasteiger partial charge is 0.187 e. The molecule has 0 unspecified atom stereocenters. The van der Waals surface area contributed by atoms with Crippen LogP contribution in [0.2, 0.25) is 0 Å². The molecule has 0 bridgehead atoms. The third kappa shape index (κ3) is 3.58. The summed E-state index contributed by atoms with van der Waals surface area (Å²) in [6, 6.07) is 0. The van der Waals surface area contributed by atoms with Crippen LogP contribution in [0.4, 0.5) is 5.82 Å². The van der Waals surface area contributed by atoms with Gasteiger partial charge in [-0.25, -0.2) is 9.97 Å². The Morgan fingerprint density at radius 1 is 1.11 bits per heavy atom. The van der Waals surface area contributed by atoms with Crippen molar-refractivity contribution in [3.8, 4) is 0 Å². The van der Waals surface area contributed by atoms with E-state index < -0.39 is 0 Å². The molecule has 2 aromatic rings. The summed E-state index contributed by atoms with van der Waals surface area (Å²) in [7, 11) is 0. The lowest BCUT2D eigenvalue weighted by Gasteiger charge is -2.29. The molecule has 2 fully saturated rings. The van der Waals surface area contributed by atoms with Crippen LogP contribution in [0.25, 0.3) is 10.2 Å². The average Bonchev–Trinajstić information content (AvgIpc) is 3.06. The molecule has 1 N–H and O–H groups in total. The van der Waals surface area contributed by atoms with E-state index in [2.05, 4.69) is 11.8 Å². The number of rotatable bonds is 3. The quantitative estimate of drug-likeness (QED) is 0.851. The van der Waals surface area contributed by atoms with Crippen molar-refractivity contribution in [1.29, 1.82) is 0 Å². The van der Waals surface area contributed by atoms with E-state index in [1.807, 2.05) is 11.3 Å². The summed E-state index contributed by atoms with van der Waals surface area (Å²) < 4.78 is 11.1. The first kappa shape index (κ1) is 17.8. The number of nitrogens with zero attached hydrogens (tertiary/aromatic N) is 3. The van der Waals surface area contributed by atoms with Gasteiger partial charge in [-0.2, -0.15) is 0 Å². The number of fused-ring (bicyclic) bond motifs is 3. The second kappa shape index (κ2) is 7.62. The minimum Gasteiger partial charge on any atom is -0.378 e. The van der Waals surface area contributed by atoms with Crippen molar-refractivity contribution >= 4 is 27.4 Å². The van der Waals surface area contributed by atoms with Gasteiger partial charge in [0.25, 0.3) is 0 Å². The molecule has 4 heterocycles. The standard InChI is InChI=1S/C20H28N4O2S/c1-14-2-3-15-16(12-14)27-20-18(15)19(24-6-10-26-11-7-24)21-17(22-20)13-23-4-8-25-9-5-23/h14H,2-13H2,1H3/p+1/t14-/m0/s1. The van der Waals surface area contributed by atoms with Gasteiger partial charge in [-0.15, -0.1) is 11.3 Å². The van der Waals surface area contributed by atoms with Gasteiger partial charge in [-0.1, -0.05) is 6.92 Å². The first-order valence-electron chi connectivity index (χ1n) is 10.3. The average molecular weight is 390 g/mol. The third-order valence-electron chi connectivity index (χ3n) is 6.10. The molecule has 1 aliphatic carbocycles. The molecule has 7 heteroatoms. The summed E-state index contributed by atoms with van der Waals surface area (Å²) in [5.74, 6) is 2.94. The number of quaternary nitrogens is 1. The van der Waals surface area contributed by atoms with E-state index in [0.29, 0.717) is 0 Å². The minimum absolute atomic E-state index is 0.780. The minimum atomic E-state index is 0.780. The van der Waals surface area contributed by atoms with Crippen molar-refractivity contribution in [3.05, 3.63) is 16.3 Å². The summed E-state index contributed by atoms with van der Waals surface area (Å²) in [5.41, 5.74) is 1.53. The topological polar surface area (TPSA) is 51.9 Å². The summed E-state index contributed by atoms with van der Waals surface area (Å²) in [4.78, 5) is 16.9. The zero-order valence-corrected chi connectivity index (χ0v) is 16.9. The predicted molar refractivity (Wildman–Crippen MR) is 107 cm³/mol. The van der Waals surface area contributed by atoms with E-state index in [4.69, 9.17) is 19.4 Å². The van der Waals surface area contributed by atoms with Crippen LogP contribution >= 0.6 is 11.3 Å². The molecule has 146 valence electrons. The molecule has 0 spiro atoms. The molecule has 6 nitrogen and oxygen atoms in total. The molecule has 2 aliphatic heterocycles. The second-order valence-corrected chi connectivity index (χ2v) is 9.22. The largest absolute Gasteiger partial charge is 0.378 e. The molecule has 2 saturated heterocycles. The van der Waals surface area contributed by atoms with Crippen molar-refractivity contribution < 1.29 is 14.4 Å². The molecule has 0 aromatic carbocycles. The SMILES string of the molecule is C[C@H]1CCc2c(sc3nc(C[NH+]4CCOCC4)nc(N4CCOCC4)c23)C1. The highest BCUT2D eigenvalue weighted by molar-refractivity contribution is 7.19. The van der Waals surface area contributed by atoms with Crippen LogP contribution in [-0.2, 0) is 28.9 Å². The first-order chi connectivity index (χ1) is 13.3. The molecule has 5 rings (SSSR count). The van der Waals surface area contributed by atoms with E-state index in [-0.39, 0.29) is 0 Å². The summed E-state index contributed by atoms with van der Waals surface area (Å²) in [6.07, 6.45) is 3.65. The number of hydrogen-bond acceptors (Lipinski definition) is 6. The number of nitrogens with one attached hydrogen (secondary N) is 1. The second-order valence-electron chi connectivity index (χ2n) is 8.13. The Labute approximate surface area is 164 Å². The molecule has 1 atom stereocenters. The van der Waals surface area contributed by atoms with Gasteiger partial charge in [-0.3, -0.25) is 0 Å². The lowest BCUT2D eigenvalue weighted by molar-refractivity contribution is -0.922. The maximum absolute atomic E-state index is 5.59. The van der Waals surface area contributed by atoms with Crippen molar-refractivity contribution in [3.63, 3.8) is 0 Å². The van der Waals surface area contributed by atoms with Gasteiger partial charge in [0.05, 0.1) is 31.8 Å². The van der Waals surface area contributed by atoms with E-state index >= 15 is 0 Å². The number of anilines is 1. The van der Waals surface area contributed by atoms with Crippen LogP contribution in [0.1, 0.15) is 29.6 Å². The number of aromatic nitrogens is 2. The zero-order valence-electron chi connectivity index (χ0n) is 16.1. The fraction of sp³-hybridized carbons (Fsp3) is 0.700. The van der Waals surface area contributed by atoms with Crippen LogP contribution < -0.4 is 9.80 Å². The van der Waals surface area contributed by atoms with Gasteiger partial charge >= 0.3 is 0 Å². The lowest BCUT2D eigenvalue weighted by atomic mass is 9.89. The summed E-state index contributed by atoms with van der Waals surface area (Å²) in [6.45, 7) is 10.5. The van der Waals surface area contributed by atoms with Gasteiger partial charge in [0, 0.05) is 18.0 Å². The predicted octanol–water partition coefficient (Wildman–Crippen LogP) is 1.07. The van der Waals surface area contributed by atoms with E-state index in [9.17, 15) is 0 Å². The molecular weight excluding hydrogens is 360 g/mol. The Kier molecular flexibility index (Phi) is 5.02. The van der Waals surface area contributed by atoms with Crippen molar-refractivity contribution in [2.24, 2.45) is 5.92 Å². The molecule has 3 aliphatic rings.